The van der Waals surface area contributed by atoms with Crippen LogP contribution in [0, 0.1) is 0 Å². The van der Waals surface area contributed by atoms with Crippen molar-refractivity contribution >= 4 is 28.1 Å². The number of allylic oxidation sites excluding steroid dienone is 4. The first-order valence-electron chi connectivity index (χ1n) is 9.99. The van der Waals surface area contributed by atoms with Gasteiger partial charge in [0.1, 0.15) is 11.3 Å². The highest BCUT2D eigenvalue weighted by Crippen LogP contribution is 2.33. The fraction of sp³-hybridized carbons (Fsp3) is 0. The van der Waals surface area contributed by atoms with Crippen LogP contribution in [0.15, 0.2) is 103 Å². The van der Waals surface area contributed by atoms with Crippen molar-refractivity contribution in [1.82, 2.24) is 15.3 Å². The molecule has 0 saturated carbocycles. The molecule has 0 atom stereocenters. The molecule has 0 spiro atoms. The van der Waals surface area contributed by atoms with Gasteiger partial charge < -0.3 is 15.7 Å². The molecule has 5 rings (SSSR count). The largest absolute Gasteiger partial charge is 0.508 e. The number of nitrogens with one attached hydrogen (secondary N) is 2. The van der Waals surface area contributed by atoms with Gasteiger partial charge in [0.15, 0.2) is 0 Å². The molecule has 1 aliphatic heterocycles. The number of phenols is 1. The van der Waals surface area contributed by atoms with Gasteiger partial charge in [-0.1, -0.05) is 30.4 Å². The third kappa shape index (κ3) is 3.89. The van der Waals surface area contributed by atoms with Gasteiger partial charge in [-0.15, -0.1) is 0 Å². The number of phenolic OH excluding ortho intramolecular Hbond substituents is 1. The predicted molar refractivity (Wildman–Crippen MR) is 126 cm³/mol. The lowest BCUT2D eigenvalue weighted by Gasteiger charge is -2.17. The number of hydrogen-bond donors (Lipinski definition) is 3. The van der Waals surface area contributed by atoms with Crippen LogP contribution in [-0.2, 0) is 0 Å². The lowest BCUT2D eigenvalue weighted by molar-refractivity contribution is 0.475. The normalized spacial score (nSPS) is 12.8. The van der Waals surface area contributed by atoms with Crippen molar-refractivity contribution in [3.8, 4) is 17.0 Å². The lowest BCUT2D eigenvalue weighted by Crippen LogP contribution is -2.08. The Labute approximate surface area is 180 Å². The first kappa shape index (κ1) is 18.6. The highest BCUT2D eigenvalue weighted by Gasteiger charge is 2.16. The molecule has 0 unspecified atom stereocenters. The van der Waals surface area contributed by atoms with Gasteiger partial charge in [-0.3, -0.25) is 4.98 Å². The van der Waals surface area contributed by atoms with Crippen LogP contribution in [0.2, 0.25) is 0 Å². The second-order valence-electron chi connectivity index (χ2n) is 7.12. The van der Waals surface area contributed by atoms with Gasteiger partial charge in [-0.2, -0.15) is 0 Å². The summed E-state index contributed by atoms with van der Waals surface area (Å²) in [6.07, 6.45) is 11.6. The standard InChI is InChI=1S/C26H20N4O/c31-20-12-10-18(11-13-20)24-17-28-23-15-14-22(29-19-7-3-1-4-8-19)25(26(23)30-24)21-9-5-2-6-16-27-21/h1-17,27,29,31H. The van der Waals surface area contributed by atoms with Gasteiger partial charge in [0.25, 0.3) is 0 Å². The zero-order valence-electron chi connectivity index (χ0n) is 16.7. The molecular weight excluding hydrogens is 384 g/mol. The predicted octanol–water partition coefficient (Wildman–Crippen LogP) is 5.76. The van der Waals surface area contributed by atoms with E-state index >= 15 is 0 Å². The molecule has 0 radical (unpaired) electrons. The quantitative estimate of drug-likeness (QED) is 0.403. The summed E-state index contributed by atoms with van der Waals surface area (Å²) in [5, 5.41) is 16.5. The van der Waals surface area contributed by atoms with Gasteiger partial charge in [-0.05, 0) is 60.7 Å². The van der Waals surface area contributed by atoms with Gasteiger partial charge >= 0.3 is 0 Å². The summed E-state index contributed by atoms with van der Waals surface area (Å²) < 4.78 is 0. The van der Waals surface area contributed by atoms with E-state index in [1.165, 1.54) is 0 Å². The molecule has 0 aliphatic carbocycles. The van der Waals surface area contributed by atoms with E-state index in [2.05, 4.69) is 15.6 Å². The maximum atomic E-state index is 9.62. The molecular formula is C26H20N4O. The smallest absolute Gasteiger partial charge is 0.115 e. The van der Waals surface area contributed by atoms with Crippen LogP contribution in [0.3, 0.4) is 0 Å². The van der Waals surface area contributed by atoms with Crippen LogP contribution in [0.5, 0.6) is 5.75 Å². The molecule has 31 heavy (non-hydrogen) atoms. The van der Waals surface area contributed by atoms with Crippen molar-refractivity contribution < 1.29 is 5.11 Å². The van der Waals surface area contributed by atoms with E-state index in [1.54, 1.807) is 18.3 Å². The maximum Gasteiger partial charge on any atom is 0.115 e. The topological polar surface area (TPSA) is 70.1 Å². The van der Waals surface area contributed by atoms with E-state index in [0.29, 0.717) is 0 Å². The summed E-state index contributed by atoms with van der Waals surface area (Å²) in [5.74, 6) is 0.221. The summed E-state index contributed by atoms with van der Waals surface area (Å²) in [7, 11) is 0. The first-order valence-corrected chi connectivity index (χ1v) is 9.99. The third-order valence-corrected chi connectivity index (χ3v) is 5.02. The Morgan fingerprint density at radius 3 is 2.52 bits per heavy atom. The average molecular weight is 404 g/mol. The molecule has 0 amide bonds. The van der Waals surface area contributed by atoms with Crippen molar-refractivity contribution in [2.45, 2.75) is 0 Å². The van der Waals surface area contributed by atoms with E-state index in [-0.39, 0.29) is 5.75 Å². The van der Waals surface area contributed by atoms with E-state index in [0.717, 1.165) is 44.9 Å². The molecule has 150 valence electrons. The van der Waals surface area contributed by atoms with Gasteiger partial charge in [0, 0.05) is 28.7 Å². The number of benzene rings is 3. The minimum absolute atomic E-state index is 0.221. The Kier molecular flexibility index (Phi) is 4.91. The molecule has 0 fully saturated rings. The second-order valence-corrected chi connectivity index (χ2v) is 7.12. The number of aromatic hydroxyl groups is 1. The summed E-state index contributed by atoms with van der Waals surface area (Å²) >= 11 is 0. The number of fused-ring (bicyclic) bond motifs is 1. The summed E-state index contributed by atoms with van der Waals surface area (Å²) in [6, 6.07) is 21.0. The first-order chi connectivity index (χ1) is 15.3. The molecule has 3 N–H and O–H groups in total. The highest BCUT2D eigenvalue weighted by atomic mass is 16.3. The third-order valence-electron chi connectivity index (χ3n) is 5.02. The van der Waals surface area contributed by atoms with E-state index in [9.17, 15) is 5.11 Å². The molecule has 0 saturated heterocycles. The van der Waals surface area contributed by atoms with Crippen LogP contribution in [0.1, 0.15) is 5.56 Å². The summed E-state index contributed by atoms with van der Waals surface area (Å²) in [5.41, 5.74) is 7.00. The van der Waals surface area contributed by atoms with Crippen LogP contribution in [-0.4, -0.2) is 15.1 Å². The van der Waals surface area contributed by atoms with E-state index < -0.39 is 0 Å². The zero-order valence-corrected chi connectivity index (χ0v) is 16.7. The van der Waals surface area contributed by atoms with Crippen molar-refractivity contribution in [3.63, 3.8) is 0 Å². The van der Waals surface area contributed by atoms with Crippen molar-refractivity contribution in [2.75, 3.05) is 5.32 Å². The minimum atomic E-state index is 0.221. The molecule has 0 bridgehead atoms. The molecule has 1 aliphatic rings. The fourth-order valence-electron chi connectivity index (χ4n) is 3.52. The summed E-state index contributed by atoms with van der Waals surface area (Å²) in [6.45, 7) is 0. The second kappa shape index (κ2) is 8.16. The Morgan fingerprint density at radius 1 is 0.839 bits per heavy atom. The Hall–Kier alpha value is -4.38. The van der Waals surface area contributed by atoms with Crippen molar-refractivity contribution in [2.24, 2.45) is 0 Å². The monoisotopic (exact) mass is 404 g/mol. The van der Waals surface area contributed by atoms with Crippen molar-refractivity contribution in [3.05, 3.63) is 109 Å². The SMILES string of the molecule is Oc1ccc(-c2cnc3ccc(Nc4ccccc4)c(C4=CC=CC=CN4)c3n2)cc1. The van der Waals surface area contributed by atoms with Crippen LogP contribution in [0.4, 0.5) is 11.4 Å². The maximum absolute atomic E-state index is 9.62. The van der Waals surface area contributed by atoms with E-state index in [4.69, 9.17) is 4.98 Å². The molecule has 2 heterocycles. The van der Waals surface area contributed by atoms with Gasteiger partial charge in [0.05, 0.1) is 23.1 Å². The van der Waals surface area contributed by atoms with Crippen LogP contribution in [0.25, 0.3) is 28.0 Å². The molecule has 5 heteroatoms. The number of para-hydroxylation sites is 1. The molecule has 3 aromatic carbocycles. The van der Waals surface area contributed by atoms with Crippen LogP contribution < -0.4 is 10.6 Å². The fourth-order valence-corrected chi connectivity index (χ4v) is 3.52. The number of aromatic nitrogens is 2. The zero-order chi connectivity index (χ0) is 21.0. The Morgan fingerprint density at radius 2 is 1.68 bits per heavy atom. The van der Waals surface area contributed by atoms with Gasteiger partial charge in [-0.25, -0.2) is 4.98 Å². The number of hydrogen-bond acceptors (Lipinski definition) is 5. The molecule has 5 nitrogen and oxygen atoms in total. The average Bonchev–Trinajstić information content (AvgIpc) is 3.09. The summed E-state index contributed by atoms with van der Waals surface area (Å²) in [4.78, 5) is 9.63. The molecule has 1 aromatic heterocycles. The number of rotatable bonds is 4. The number of nitrogens with zero attached hydrogens (tertiary/aromatic N) is 2. The highest BCUT2D eigenvalue weighted by molar-refractivity contribution is 5.97. The van der Waals surface area contributed by atoms with Gasteiger partial charge in [0.2, 0.25) is 0 Å². The van der Waals surface area contributed by atoms with E-state index in [1.807, 2.05) is 85.1 Å². The van der Waals surface area contributed by atoms with Crippen molar-refractivity contribution in [1.29, 1.82) is 0 Å². The lowest BCUT2D eigenvalue weighted by atomic mass is 10.0. The Balaban J connectivity index is 1.71. The van der Waals surface area contributed by atoms with Crippen LogP contribution >= 0.6 is 0 Å². The Bertz CT molecular complexity index is 1320. The molecule has 4 aromatic rings. The number of anilines is 2. The minimum Gasteiger partial charge on any atom is -0.508 e.